The van der Waals surface area contributed by atoms with Crippen molar-refractivity contribution >= 4 is 83.3 Å². The Hall–Kier alpha value is -6.86. The van der Waals surface area contributed by atoms with Crippen LogP contribution in [0.5, 0.6) is 11.5 Å². The van der Waals surface area contributed by atoms with Gasteiger partial charge in [-0.1, -0.05) is 109 Å². The number of hydrogen-bond acceptors (Lipinski definition) is 3. The predicted octanol–water partition coefficient (Wildman–Crippen LogP) is 8.10. The minimum absolute atomic E-state index is 0.0169. The fraction of sp³-hybridized carbons (Fsp3) is 0. The Balaban J connectivity index is 1.34. The summed E-state index contributed by atoms with van der Waals surface area (Å²) in [5, 5.41) is 4.86. The molecule has 11 aromatic rings. The number of hydrogen-bond donors (Lipinski definition) is 0. The van der Waals surface area contributed by atoms with Gasteiger partial charge in [0.2, 0.25) is 0 Å². The van der Waals surface area contributed by atoms with Crippen molar-refractivity contribution in [3.8, 4) is 45.6 Å². The Morgan fingerprint density at radius 1 is 0.451 bits per heavy atom. The van der Waals surface area contributed by atoms with Gasteiger partial charge in [0.15, 0.2) is 11.5 Å². The first kappa shape index (κ1) is 25.2. The van der Waals surface area contributed by atoms with E-state index in [0.717, 1.165) is 56.3 Å². The molecule has 0 spiro atoms. The fourth-order valence-electron chi connectivity index (χ4n) is 9.98. The van der Waals surface area contributed by atoms with E-state index in [1.807, 2.05) is 0 Å². The van der Waals surface area contributed by atoms with Crippen molar-refractivity contribution < 1.29 is 4.74 Å². The van der Waals surface area contributed by atoms with E-state index in [4.69, 9.17) is 14.7 Å². The van der Waals surface area contributed by atoms with Crippen LogP contribution in [0.25, 0.3) is 94.3 Å². The van der Waals surface area contributed by atoms with Crippen molar-refractivity contribution in [1.29, 1.82) is 0 Å². The molecule has 0 aliphatic carbocycles. The Kier molecular flexibility index (Phi) is 4.09. The van der Waals surface area contributed by atoms with Crippen LogP contribution in [0.1, 0.15) is 0 Å². The lowest BCUT2D eigenvalue weighted by Crippen LogP contribution is -2.59. The molecule has 0 saturated heterocycles. The smallest absolute Gasteiger partial charge is 0.252 e. The zero-order chi connectivity index (χ0) is 32.7. The van der Waals surface area contributed by atoms with Gasteiger partial charge in [0, 0.05) is 32.7 Å². The van der Waals surface area contributed by atoms with Gasteiger partial charge < -0.3 is 9.14 Å². The predicted molar refractivity (Wildman–Crippen MR) is 206 cm³/mol. The minimum Gasteiger partial charge on any atom is -0.453 e. The quantitative estimate of drug-likeness (QED) is 0.178. The van der Waals surface area contributed by atoms with Crippen LogP contribution in [0.2, 0.25) is 0 Å². The van der Waals surface area contributed by atoms with Crippen molar-refractivity contribution in [3.63, 3.8) is 0 Å². The highest BCUT2D eigenvalue weighted by Gasteiger charge is 2.45. The van der Waals surface area contributed by atoms with E-state index in [1.165, 1.54) is 65.9 Å². The van der Waals surface area contributed by atoms with E-state index in [9.17, 15) is 0 Å². The number of aromatic nitrogens is 5. The zero-order valence-electron chi connectivity index (χ0n) is 26.9. The Morgan fingerprint density at radius 2 is 0.941 bits per heavy atom. The van der Waals surface area contributed by atoms with Gasteiger partial charge in [-0.15, -0.1) is 0 Å². The SMILES string of the molecule is c1ccc(-c2nc3cccc4c3n2-c2c3c(c5c6cccc7c6n6c8c(cccc8c2c56)O7)-n2c(-c5ccccc5)nc5cccc(c52)B34)cc1. The van der Waals surface area contributed by atoms with Crippen LogP contribution in [0.4, 0.5) is 0 Å². The molecule has 3 aliphatic rings. The summed E-state index contributed by atoms with van der Waals surface area (Å²) in [5.41, 5.74) is 16.2. The van der Waals surface area contributed by atoms with E-state index in [0.29, 0.717) is 0 Å². The maximum Gasteiger partial charge on any atom is 0.252 e. The average molecular weight is 648 g/mol. The van der Waals surface area contributed by atoms with E-state index in [-0.39, 0.29) is 6.71 Å². The molecule has 0 atom stereocenters. The highest BCUT2D eigenvalue weighted by Crippen LogP contribution is 2.53. The summed E-state index contributed by atoms with van der Waals surface area (Å²) in [6, 6.07) is 47.7. The number of fused-ring (bicyclic) bond motifs is 8. The zero-order valence-corrected chi connectivity index (χ0v) is 26.9. The van der Waals surface area contributed by atoms with Crippen LogP contribution in [0.15, 0.2) is 133 Å². The molecule has 0 saturated carbocycles. The summed E-state index contributed by atoms with van der Waals surface area (Å²) in [6.07, 6.45) is 0. The Morgan fingerprint density at radius 3 is 1.45 bits per heavy atom. The molecule has 7 aromatic carbocycles. The molecule has 0 unspecified atom stereocenters. The Bertz CT molecular complexity index is 3170. The molecule has 6 nitrogen and oxygen atoms in total. The van der Waals surface area contributed by atoms with Crippen molar-refractivity contribution in [1.82, 2.24) is 23.5 Å². The van der Waals surface area contributed by atoms with Gasteiger partial charge in [-0.05, 0) is 40.7 Å². The first-order valence-corrected chi connectivity index (χ1v) is 17.5. The number of para-hydroxylation sites is 4. The molecule has 0 bridgehead atoms. The van der Waals surface area contributed by atoms with Gasteiger partial charge in [-0.2, -0.15) is 0 Å². The van der Waals surface area contributed by atoms with E-state index in [1.54, 1.807) is 0 Å². The minimum atomic E-state index is -0.0169. The van der Waals surface area contributed by atoms with Gasteiger partial charge >= 0.3 is 0 Å². The van der Waals surface area contributed by atoms with Crippen molar-refractivity contribution in [2.75, 3.05) is 0 Å². The van der Waals surface area contributed by atoms with Gasteiger partial charge in [-0.25, -0.2) is 9.97 Å². The molecule has 3 aliphatic heterocycles. The number of nitrogens with zero attached hydrogens (tertiary/aromatic N) is 5. The summed E-state index contributed by atoms with van der Waals surface area (Å²) in [7, 11) is 0. The molecular weight excluding hydrogens is 625 g/mol. The lowest BCUT2D eigenvalue weighted by atomic mass is 9.34. The maximum absolute atomic E-state index is 6.72. The molecule has 4 aromatic heterocycles. The first-order valence-electron chi connectivity index (χ1n) is 17.5. The van der Waals surface area contributed by atoms with Gasteiger partial charge in [-0.3, -0.25) is 9.13 Å². The van der Waals surface area contributed by atoms with Crippen LogP contribution < -0.4 is 21.1 Å². The average Bonchev–Trinajstić information content (AvgIpc) is 3.94. The second-order valence-electron chi connectivity index (χ2n) is 14.1. The lowest BCUT2D eigenvalue weighted by molar-refractivity contribution is 0.486. The van der Waals surface area contributed by atoms with Crippen LogP contribution in [0.3, 0.4) is 0 Å². The third-order valence-corrected chi connectivity index (χ3v) is 11.7. The van der Waals surface area contributed by atoms with E-state index < -0.39 is 0 Å². The molecule has 14 rings (SSSR count). The lowest BCUT2D eigenvalue weighted by Gasteiger charge is -2.34. The van der Waals surface area contributed by atoms with Crippen molar-refractivity contribution in [3.05, 3.63) is 133 Å². The summed E-state index contributed by atoms with van der Waals surface area (Å²) >= 11 is 0. The molecule has 51 heavy (non-hydrogen) atoms. The molecule has 0 amide bonds. The molecule has 0 N–H and O–H groups in total. The van der Waals surface area contributed by atoms with Crippen LogP contribution in [-0.4, -0.2) is 30.2 Å². The standard InChI is InChI=1S/C44H22BN5O/c1-3-11-23(12-4-1)43-46-29-19-9-17-27-38(29)49(43)41-33-25-15-7-21-31-36(25)48-37-26(16-8-22-32(37)51-31)34(40(33)48)42-35(41)45(27)28-18-10-20-30-39(28)50(42)44(47-30)24-13-5-2-6-14-24/h1-22H. The van der Waals surface area contributed by atoms with Gasteiger partial charge in [0.05, 0.1) is 50.0 Å². The fourth-order valence-corrected chi connectivity index (χ4v) is 9.98. The molecule has 232 valence electrons. The number of rotatable bonds is 2. The number of ether oxygens (including phenoxy) is 1. The van der Waals surface area contributed by atoms with E-state index >= 15 is 0 Å². The molecule has 0 radical (unpaired) electrons. The van der Waals surface area contributed by atoms with Gasteiger partial charge in [0.1, 0.15) is 11.6 Å². The largest absolute Gasteiger partial charge is 0.453 e. The Labute approximate surface area is 289 Å². The second-order valence-corrected chi connectivity index (χ2v) is 14.1. The number of benzene rings is 7. The summed E-state index contributed by atoms with van der Waals surface area (Å²) in [6.45, 7) is -0.0169. The van der Waals surface area contributed by atoms with Crippen LogP contribution in [0, 0.1) is 0 Å². The maximum atomic E-state index is 6.72. The van der Waals surface area contributed by atoms with E-state index in [2.05, 4.69) is 147 Å². The second kappa shape index (κ2) is 8.29. The summed E-state index contributed by atoms with van der Waals surface area (Å²) < 4.78 is 14.2. The monoisotopic (exact) mass is 647 g/mol. The molecular formula is C44H22BN5O. The van der Waals surface area contributed by atoms with Crippen LogP contribution in [-0.2, 0) is 0 Å². The highest BCUT2D eigenvalue weighted by molar-refractivity contribution is 7.00. The highest BCUT2D eigenvalue weighted by atomic mass is 16.5. The number of imidazole rings is 2. The summed E-state index contributed by atoms with van der Waals surface area (Å²) in [4.78, 5) is 10.9. The third-order valence-electron chi connectivity index (χ3n) is 11.7. The first-order chi connectivity index (χ1) is 25.3. The van der Waals surface area contributed by atoms with Crippen molar-refractivity contribution in [2.45, 2.75) is 0 Å². The topological polar surface area (TPSA) is 49.3 Å². The van der Waals surface area contributed by atoms with Gasteiger partial charge in [0.25, 0.3) is 6.71 Å². The van der Waals surface area contributed by atoms with Crippen LogP contribution >= 0.6 is 0 Å². The molecule has 7 heterocycles. The summed E-state index contributed by atoms with van der Waals surface area (Å²) in [5.74, 6) is 3.67. The molecule has 7 heteroatoms. The van der Waals surface area contributed by atoms with Crippen molar-refractivity contribution in [2.24, 2.45) is 0 Å². The molecule has 0 fully saturated rings. The third kappa shape index (κ3) is 2.68. The normalized spacial score (nSPS) is 13.6.